The lowest BCUT2D eigenvalue weighted by atomic mass is 9.36. The molecule has 0 radical (unpaired) electrons. The summed E-state index contributed by atoms with van der Waals surface area (Å²) in [6, 6.07) is 89.1. The van der Waals surface area contributed by atoms with Crippen LogP contribution >= 0.6 is 0 Å². The summed E-state index contributed by atoms with van der Waals surface area (Å²) in [5.41, 5.74) is 15.2. The molecule has 12 rings (SSSR count). The fraction of sp³-hybridized carbons (Fsp3) is 0.0159. The van der Waals surface area contributed by atoms with Gasteiger partial charge in [0.25, 0.3) is 0 Å². The second-order valence-electron chi connectivity index (χ2n) is 17.1. The molecule has 316 valence electrons. The first-order valence-electron chi connectivity index (χ1n) is 22.9. The van der Waals surface area contributed by atoms with E-state index in [1.54, 1.807) is 7.11 Å². The lowest BCUT2D eigenvalue weighted by Gasteiger charge is -2.28. The van der Waals surface area contributed by atoms with Crippen molar-refractivity contribution < 1.29 is 9.15 Å². The summed E-state index contributed by atoms with van der Waals surface area (Å²) in [5, 5.41) is 6.98. The number of hydrogen-bond acceptors (Lipinski definition) is 3. The number of hydrogen-bond donors (Lipinski definition) is 0. The Morgan fingerprint density at radius 3 is 1.60 bits per heavy atom. The fourth-order valence-corrected chi connectivity index (χ4v) is 10.3. The van der Waals surface area contributed by atoms with Gasteiger partial charge in [0.05, 0.1) is 24.2 Å². The number of rotatable bonds is 10. The molecule has 0 unspecified atom stereocenters. The Morgan fingerprint density at radius 2 is 0.866 bits per heavy atom. The average Bonchev–Trinajstić information content (AvgIpc) is 3.79. The second kappa shape index (κ2) is 17.1. The van der Waals surface area contributed by atoms with Gasteiger partial charge in [-0.1, -0.05) is 229 Å². The van der Waals surface area contributed by atoms with E-state index < -0.39 is 0 Å². The average molecular weight is 858 g/mol. The van der Waals surface area contributed by atoms with Gasteiger partial charge in [-0.25, -0.2) is 0 Å². The summed E-state index contributed by atoms with van der Waals surface area (Å²) >= 11 is 0. The maximum Gasteiger partial charge on any atom is 0.241 e. The highest BCUT2D eigenvalue weighted by molar-refractivity contribution is 6.96. The smallest absolute Gasteiger partial charge is 0.241 e. The molecule has 1 heterocycles. The molecule has 0 bridgehead atoms. The first-order valence-corrected chi connectivity index (χ1v) is 22.9. The number of benzene rings is 11. The highest BCUT2D eigenvalue weighted by Crippen LogP contribution is 2.48. The van der Waals surface area contributed by atoms with Crippen LogP contribution in [0.15, 0.2) is 253 Å². The van der Waals surface area contributed by atoms with Crippen molar-refractivity contribution in [3.05, 3.63) is 249 Å². The maximum absolute atomic E-state index is 6.71. The summed E-state index contributed by atoms with van der Waals surface area (Å²) in [4.78, 5) is 2.31. The first-order chi connectivity index (χ1) is 33.2. The predicted molar refractivity (Wildman–Crippen MR) is 284 cm³/mol. The lowest BCUT2D eigenvalue weighted by Crippen LogP contribution is -2.52. The number of para-hydroxylation sites is 3. The molecule has 3 nitrogen and oxygen atoms in total. The molecule has 0 fully saturated rings. The zero-order chi connectivity index (χ0) is 44.7. The third kappa shape index (κ3) is 7.02. The number of anilines is 3. The van der Waals surface area contributed by atoms with Gasteiger partial charge in [0.15, 0.2) is 5.58 Å². The monoisotopic (exact) mass is 857 g/mol. The van der Waals surface area contributed by atoms with Crippen LogP contribution in [-0.4, -0.2) is 13.8 Å². The Kier molecular flexibility index (Phi) is 10.2. The number of methoxy groups -OCH3 is 1. The molecule has 0 aliphatic rings. The molecule has 12 aromatic rings. The van der Waals surface area contributed by atoms with Crippen molar-refractivity contribution in [1.82, 2.24) is 0 Å². The third-order valence-electron chi connectivity index (χ3n) is 13.3. The van der Waals surface area contributed by atoms with Crippen LogP contribution in [0.2, 0.25) is 0 Å². The standard InChI is InChI=1S/C63H44BNO2/c1-66-62-42-46(65(59-35-15-13-26-47(59)43-20-5-2-6-21-43)60-36-19-33-57-55-29-14-16-37-61(55)67-63(57)60)38-39-56(62)53-41-40-52(48-27-11-12-28-49(48)53)50-30-17-32-54-51(50)31-18-34-58(54)64(44-22-7-3-8-23-44)45-24-9-4-10-25-45/h2-42H,1H3. The molecule has 0 atom stereocenters. The van der Waals surface area contributed by atoms with E-state index in [1.165, 1.54) is 43.7 Å². The van der Waals surface area contributed by atoms with E-state index in [0.717, 1.165) is 72.4 Å². The molecular weight excluding hydrogens is 814 g/mol. The van der Waals surface area contributed by atoms with E-state index >= 15 is 0 Å². The van der Waals surface area contributed by atoms with Crippen molar-refractivity contribution in [1.29, 1.82) is 0 Å². The molecule has 0 aliphatic carbocycles. The van der Waals surface area contributed by atoms with Crippen LogP contribution in [0.4, 0.5) is 17.1 Å². The van der Waals surface area contributed by atoms with Gasteiger partial charge in [-0.05, 0) is 74.1 Å². The van der Waals surface area contributed by atoms with Gasteiger partial charge >= 0.3 is 0 Å². The van der Waals surface area contributed by atoms with E-state index in [2.05, 4.69) is 241 Å². The van der Waals surface area contributed by atoms with Crippen LogP contribution in [0, 0.1) is 0 Å². The molecule has 0 spiro atoms. The maximum atomic E-state index is 6.71. The topological polar surface area (TPSA) is 25.6 Å². The van der Waals surface area contributed by atoms with E-state index in [1.807, 2.05) is 12.1 Å². The van der Waals surface area contributed by atoms with Crippen molar-refractivity contribution >= 4 is 83.6 Å². The molecule has 0 N–H and O–H groups in total. The molecule has 67 heavy (non-hydrogen) atoms. The zero-order valence-corrected chi connectivity index (χ0v) is 37.0. The molecule has 4 heteroatoms. The molecule has 0 saturated carbocycles. The van der Waals surface area contributed by atoms with Crippen LogP contribution in [0.25, 0.3) is 76.9 Å². The van der Waals surface area contributed by atoms with Crippen LogP contribution in [-0.2, 0) is 0 Å². The molecule has 1 aromatic heterocycles. The van der Waals surface area contributed by atoms with E-state index in [0.29, 0.717) is 0 Å². The van der Waals surface area contributed by atoms with Gasteiger partial charge < -0.3 is 14.1 Å². The predicted octanol–water partition coefficient (Wildman–Crippen LogP) is 14.9. The van der Waals surface area contributed by atoms with Crippen molar-refractivity contribution in [2.45, 2.75) is 0 Å². The highest BCUT2D eigenvalue weighted by atomic mass is 16.5. The first kappa shape index (κ1) is 40.0. The van der Waals surface area contributed by atoms with Crippen LogP contribution in [0.5, 0.6) is 5.75 Å². The molecule has 0 amide bonds. The van der Waals surface area contributed by atoms with Gasteiger partial charge in [0.1, 0.15) is 11.3 Å². The van der Waals surface area contributed by atoms with Gasteiger partial charge in [-0.15, -0.1) is 0 Å². The van der Waals surface area contributed by atoms with Gasteiger partial charge in [0, 0.05) is 28.0 Å². The van der Waals surface area contributed by atoms with E-state index in [9.17, 15) is 0 Å². The second-order valence-corrected chi connectivity index (χ2v) is 17.1. The Balaban J connectivity index is 1.01. The van der Waals surface area contributed by atoms with Crippen LogP contribution < -0.4 is 26.0 Å². The fourth-order valence-electron chi connectivity index (χ4n) is 10.3. The number of furan rings is 1. The summed E-state index contributed by atoms with van der Waals surface area (Å²) < 4.78 is 13.1. The quantitative estimate of drug-likeness (QED) is 0.128. The summed E-state index contributed by atoms with van der Waals surface area (Å²) in [6.45, 7) is 0.0882. The Hall–Kier alpha value is -8.60. The van der Waals surface area contributed by atoms with Gasteiger partial charge in [-0.2, -0.15) is 0 Å². The molecule has 0 saturated heterocycles. The van der Waals surface area contributed by atoms with Crippen molar-refractivity contribution in [3.8, 4) is 39.1 Å². The Labute approximate surface area is 390 Å². The lowest BCUT2D eigenvalue weighted by molar-refractivity contribution is 0.416. The normalized spacial score (nSPS) is 11.4. The van der Waals surface area contributed by atoms with Gasteiger partial charge in [0.2, 0.25) is 6.71 Å². The number of ether oxygens (including phenoxy) is 1. The number of nitrogens with zero attached hydrogens (tertiary/aromatic N) is 1. The van der Waals surface area contributed by atoms with Crippen molar-refractivity contribution in [3.63, 3.8) is 0 Å². The van der Waals surface area contributed by atoms with E-state index in [4.69, 9.17) is 9.15 Å². The highest BCUT2D eigenvalue weighted by Gasteiger charge is 2.26. The number of fused-ring (bicyclic) bond motifs is 5. The van der Waals surface area contributed by atoms with E-state index in [-0.39, 0.29) is 6.71 Å². The zero-order valence-electron chi connectivity index (χ0n) is 37.0. The molecular formula is C63H44BNO2. The van der Waals surface area contributed by atoms with Crippen molar-refractivity contribution in [2.75, 3.05) is 12.0 Å². The van der Waals surface area contributed by atoms with Crippen LogP contribution in [0.3, 0.4) is 0 Å². The largest absolute Gasteiger partial charge is 0.496 e. The minimum Gasteiger partial charge on any atom is -0.496 e. The summed E-state index contributed by atoms with van der Waals surface area (Å²) in [6.07, 6.45) is 0. The minimum absolute atomic E-state index is 0.0882. The Morgan fingerprint density at radius 1 is 0.373 bits per heavy atom. The third-order valence-corrected chi connectivity index (χ3v) is 13.3. The molecule has 0 aliphatic heterocycles. The minimum atomic E-state index is 0.0882. The summed E-state index contributed by atoms with van der Waals surface area (Å²) in [7, 11) is 1.77. The SMILES string of the molecule is COc1cc(N(c2ccccc2-c2ccccc2)c2cccc3c2oc2ccccc23)ccc1-c1ccc(-c2cccc3c(B(c4ccccc4)c4ccccc4)cccc23)c2ccccc12. The summed E-state index contributed by atoms with van der Waals surface area (Å²) in [5.74, 6) is 0.775. The van der Waals surface area contributed by atoms with Crippen LogP contribution in [0.1, 0.15) is 0 Å². The van der Waals surface area contributed by atoms with Crippen molar-refractivity contribution in [2.24, 2.45) is 0 Å². The Bertz CT molecular complexity index is 3710. The van der Waals surface area contributed by atoms with Gasteiger partial charge in [-0.3, -0.25) is 0 Å². The molecule has 11 aromatic carbocycles.